The summed E-state index contributed by atoms with van der Waals surface area (Å²) >= 11 is 3.35. The lowest BCUT2D eigenvalue weighted by Crippen LogP contribution is -2.17. The average molecular weight is 387 g/mol. The lowest BCUT2D eigenvalue weighted by molar-refractivity contribution is -0.144. The van der Waals surface area contributed by atoms with Gasteiger partial charge in [0, 0.05) is 16.7 Å². The summed E-state index contributed by atoms with van der Waals surface area (Å²) in [5, 5.41) is 0. The molecule has 3 aromatic rings. The average Bonchev–Trinajstić information content (AvgIpc) is 2.56. The number of aryl methyl sites for hydroxylation is 1. The Morgan fingerprint density at radius 2 is 1.96 bits per heavy atom. The van der Waals surface area contributed by atoms with Crippen LogP contribution < -0.4 is 5.56 Å². The largest absolute Gasteiger partial charge is 0.459 e. The van der Waals surface area contributed by atoms with Crippen LogP contribution in [0.2, 0.25) is 0 Å². The summed E-state index contributed by atoms with van der Waals surface area (Å²) in [6.45, 7) is 1.89. The van der Waals surface area contributed by atoms with Crippen molar-refractivity contribution in [2.45, 2.75) is 20.0 Å². The van der Waals surface area contributed by atoms with Crippen LogP contribution >= 0.6 is 15.9 Å². The van der Waals surface area contributed by atoms with E-state index in [1.165, 1.54) is 10.5 Å². The molecule has 0 atom stereocenters. The smallest absolute Gasteiger partial charge is 0.310 e. The van der Waals surface area contributed by atoms with Gasteiger partial charge in [-0.25, -0.2) is 4.98 Å². The molecule has 5 nitrogen and oxygen atoms in total. The minimum atomic E-state index is -0.358. The standard InChI is InChI=1S/C18H15BrN2O3/c1-12-2-7-16-20-15(9-17(22)21(16)10-12)11-24-18(23)8-13-3-5-14(19)6-4-13/h2-7,9-10H,8,11H2,1H3. The molecule has 0 amide bonds. The minimum Gasteiger partial charge on any atom is -0.459 e. The van der Waals surface area contributed by atoms with E-state index in [9.17, 15) is 9.59 Å². The van der Waals surface area contributed by atoms with Gasteiger partial charge in [0.2, 0.25) is 0 Å². The fourth-order valence-electron chi connectivity index (χ4n) is 2.31. The Morgan fingerprint density at radius 3 is 2.71 bits per heavy atom. The number of carbonyl (C=O) groups excluding carboxylic acids is 1. The zero-order valence-corrected chi connectivity index (χ0v) is 14.6. The number of esters is 1. The van der Waals surface area contributed by atoms with E-state index in [-0.39, 0.29) is 24.6 Å². The summed E-state index contributed by atoms with van der Waals surface area (Å²) in [4.78, 5) is 28.4. The monoisotopic (exact) mass is 386 g/mol. The van der Waals surface area contributed by atoms with Crippen LogP contribution in [0.4, 0.5) is 0 Å². The number of benzene rings is 1. The fourth-order valence-corrected chi connectivity index (χ4v) is 2.57. The van der Waals surface area contributed by atoms with Gasteiger partial charge in [-0.05, 0) is 36.2 Å². The Morgan fingerprint density at radius 1 is 1.21 bits per heavy atom. The van der Waals surface area contributed by atoms with E-state index < -0.39 is 0 Å². The van der Waals surface area contributed by atoms with Crippen LogP contribution in [-0.4, -0.2) is 15.4 Å². The van der Waals surface area contributed by atoms with Crippen LogP contribution in [0.1, 0.15) is 16.8 Å². The molecule has 2 aromatic heterocycles. The van der Waals surface area contributed by atoms with Gasteiger partial charge in [-0.3, -0.25) is 14.0 Å². The SMILES string of the molecule is Cc1ccc2nc(COC(=O)Cc3ccc(Br)cc3)cc(=O)n2c1. The van der Waals surface area contributed by atoms with Crippen molar-refractivity contribution >= 4 is 27.5 Å². The van der Waals surface area contributed by atoms with E-state index in [0.29, 0.717) is 11.3 Å². The predicted molar refractivity (Wildman–Crippen MR) is 93.8 cm³/mol. The molecule has 0 N–H and O–H groups in total. The van der Waals surface area contributed by atoms with Crippen molar-refractivity contribution in [1.29, 1.82) is 0 Å². The van der Waals surface area contributed by atoms with Crippen molar-refractivity contribution in [3.63, 3.8) is 0 Å². The van der Waals surface area contributed by atoms with E-state index in [2.05, 4.69) is 20.9 Å². The van der Waals surface area contributed by atoms with E-state index in [1.54, 1.807) is 12.3 Å². The first kappa shape index (κ1) is 16.4. The summed E-state index contributed by atoms with van der Waals surface area (Å²) < 4.78 is 7.66. The van der Waals surface area contributed by atoms with Gasteiger partial charge in [0.1, 0.15) is 12.3 Å². The molecule has 1 aromatic carbocycles. The molecule has 0 fully saturated rings. The van der Waals surface area contributed by atoms with E-state index >= 15 is 0 Å². The number of pyridine rings is 1. The van der Waals surface area contributed by atoms with Crippen molar-refractivity contribution < 1.29 is 9.53 Å². The maximum atomic E-state index is 12.1. The molecule has 0 aliphatic carbocycles. The fraction of sp³-hybridized carbons (Fsp3) is 0.167. The first-order valence-corrected chi connectivity index (χ1v) is 8.19. The highest BCUT2D eigenvalue weighted by Crippen LogP contribution is 2.11. The van der Waals surface area contributed by atoms with Crippen LogP contribution in [0, 0.1) is 6.92 Å². The molecule has 0 radical (unpaired) electrons. The van der Waals surface area contributed by atoms with Gasteiger partial charge in [-0.15, -0.1) is 0 Å². The van der Waals surface area contributed by atoms with Gasteiger partial charge >= 0.3 is 5.97 Å². The number of halogens is 1. The molecule has 0 bridgehead atoms. The molecule has 0 spiro atoms. The molecule has 122 valence electrons. The molecule has 6 heteroatoms. The van der Waals surface area contributed by atoms with E-state index in [0.717, 1.165) is 15.6 Å². The Balaban J connectivity index is 1.69. The minimum absolute atomic E-state index is 0.0189. The predicted octanol–water partition coefficient (Wildman–Crippen LogP) is 3.05. The molecule has 24 heavy (non-hydrogen) atoms. The summed E-state index contributed by atoms with van der Waals surface area (Å²) in [6, 6.07) is 12.5. The van der Waals surface area contributed by atoms with Crippen LogP contribution in [0.25, 0.3) is 5.65 Å². The van der Waals surface area contributed by atoms with Crippen molar-refractivity contribution in [3.05, 3.63) is 80.3 Å². The third-order valence-electron chi connectivity index (χ3n) is 3.50. The molecule has 0 saturated heterocycles. The lowest BCUT2D eigenvalue weighted by Gasteiger charge is -2.07. The quantitative estimate of drug-likeness (QED) is 0.646. The van der Waals surface area contributed by atoms with Gasteiger partial charge in [0.25, 0.3) is 5.56 Å². The summed E-state index contributed by atoms with van der Waals surface area (Å²) in [6.07, 6.45) is 1.91. The Hall–Kier alpha value is -2.47. The highest BCUT2D eigenvalue weighted by molar-refractivity contribution is 9.10. The molecule has 3 rings (SSSR count). The highest BCUT2D eigenvalue weighted by Gasteiger charge is 2.08. The second-order valence-corrected chi connectivity index (χ2v) is 6.40. The number of fused-ring (bicyclic) bond motifs is 1. The third-order valence-corrected chi connectivity index (χ3v) is 4.03. The van der Waals surface area contributed by atoms with Gasteiger partial charge < -0.3 is 4.74 Å². The van der Waals surface area contributed by atoms with Crippen molar-refractivity contribution in [3.8, 4) is 0 Å². The number of aromatic nitrogens is 2. The maximum absolute atomic E-state index is 12.1. The second kappa shape index (κ2) is 6.97. The zero-order valence-electron chi connectivity index (χ0n) is 13.0. The lowest BCUT2D eigenvalue weighted by atomic mass is 10.2. The molecular weight excluding hydrogens is 372 g/mol. The topological polar surface area (TPSA) is 60.7 Å². The number of carbonyl (C=O) groups is 1. The van der Waals surface area contributed by atoms with Crippen molar-refractivity contribution in [1.82, 2.24) is 9.38 Å². The molecule has 0 saturated carbocycles. The summed E-state index contributed by atoms with van der Waals surface area (Å²) in [5.41, 5.74) is 2.62. The van der Waals surface area contributed by atoms with Crippen LogP contribution in [-0.2, 0) is 22.6 Å². The number of hydrogen-bond acceptors (Lipinski definition) is 4. The van der Waals surface area contributed by atoms with E-state index in [4.69, 9.17) is 4.74 Å². The number of ether oxygens (including phenoxy) is 1. The molecule has 2 heterocycles. The molecule has 0 aliphatic heterocycles. The number of rotatable bonds is 4. The van der Waals surface area contributed by atoms with Gasteiger partial charge in [0.15, 0.2) is 0 Å². The number of nitrogens with zero attached hydrogens (tertiary/aromatic N) is 2. The van der Waals surface area contributed by atoms with E-state index in [1.807, 2.05) is 37.3 Å². The van der Waals surface area contributed by atoms with Gasteiger partial charge in [-0.1, -0.05) is 34.1 Å². The first-order chi connectivity index (χ1) is 11.5. The van der Waals surface area contributed by atoms with Crippen molar-refractivity contribution in [2.75, 3.05) is 0 Å². The second-order valence-electron chi connectivity index (χ2n) is 5.48. The Labute approximate surface area is 147 Å². The first-order valence-electron chi connectivity index (χ1n) is 7.40. The van der Waals surface area contributed by atoms with Crippen LogP contribution in [0.3, 0.4) is 0 Å². The molecule has 0 unspecified atom stereocenters. The maximum Gasteiger partial charge on any atom is 0.310 e. The molecular formula is C18H15BrN2O3. The number of hydrogen-bond donors (Lipinski definition) is 0. The highest BCUT2D eigenvalue weighted by atomic mass is 79.9. The Kier molecular flexibility index (Phi) is 4.76. The van der Waals surface area contributed by atoms with Crippen LogP contribution in [0.15, 0.2) is 57.9 Å². The summed E-state index contributed by atoms with van der Waals surface area (Å²) in [7, 11) is 0. The van der Waals surface area contributed by atoms with Crippen molar-refractivity contribution in [2.24, 2.45) is 0 Å². The third kappa shape index (κ3) is 3.89. The Bertz CT molecular complexity index is 949. The van der Waals surface area contributed by atoms with Gasteiger partial charge in [-0.2, -0.15) is 0 Å². The summed E-state index contributed by atoms with van der Waals surface area (Å²) in [5.74, 6) is -0.358. The molecule has 0 aliphatic rings. The van der Waals surface area contributed by atoms with Crippen LogP contribution in [0.5, 0.6) is 0 Å². The van der Waals surface area contributed by atoms with Gasteiger partial charge in [0.05, 0.1) is 12.1 Å². The zero-order chi connectivity index (χ0) is 17.1. The normalized spacial score (nSPS) is 10.8.